The SMILES string of the molecule is CCCN(CC)CCCNC=O. The summed E-state index contributed by atoms with van der Waals surface area (Å²) < 4.78 is 0. The number of carbonyl (C=O) groups is 1. The van der Waals surface area contributed by atoms with Gasteiger partial charge in [0.25, 0.3) is 0 Å². The third-order valence-electron chi connectivity index (χ3n) is 1.87. The van der Waals surface area contributed by atoms with Crippen LogP contribution in [0, 0.1) is 0 Å². The van der Waals surface area contributed by atoms with Crippen LogP contribution in [0.1, 0.15) is 26.7 Å². The summed E-state index contributed by atoms with van der Waals surface area (Å²) in [6.07, 6.45) is 3.01. The predicted molar refractivity (Wildman–Crippen MR) is 51.1 cm³/mol. The van der Waals surface area contributed by atoms with Gasteiger partial charge in [-0.15, -0.1) is 0 Å². The molecule has 0 rings (SSSR count). The molecule has 12 heavy (non-hydrogen) atoms. The lowest BCUT2D eigenvalue weighted by atomic mass is 10.3. The average Bonchev–Trinajstić information content (AvgIpc) is 2.10. The van der Waals surface area contributed by atoms with E-state index in [4.69, 9.17) is 0 Å². The summed E-state index contributed by atoms with van der Waals surface area (Å²) in [7, 11) is 0. The fourth-order valence-electron chi connectivity index (χ4n) is 1.21. The third kappa shape index (κ3) is 6.16. The van der Waals surface area contributed by atoms with Crippen LogP contribution >= 0.6 is 0 Å². The van der Waals surface area contributed by atoms with Crippen LogP contribution in [-0.4, -0.2) is 37.5 Å². The Morgan fingerprint density at radius 2 is 2.08 bits per heavy atom. The van der Waals surface area contributed by atoms with Gasteiger partial charge in [-0.2, -0.15) is 0 Å². The van der Waals surface area contributed by atoms with Gasteiger partial charge in [0, 0.05) is 6.54 Å². The first-order chi connectivity index (χ1) is 5.85. The van der Waals surface area contributed by atoms with Crippen LogP contribution < -0.4 is 5.32 Å². The smallest absolute Gasteiger partial charge is 0.207 e. The summed E-state index contributed by atoms with van der Waals surface area (Å²) in [5.74, 6) is 0. The van der Waals surface area contributed by atoms with E-state index in [1.54, 1.807) is 0 Å². The molecule has 0 saturated carbocycles. The Morgan fingerprint density at radius 3 is 2.58 bits per heavy atom. The lowest BCUT2D eigenvalue weighted by Crippen LogP contribution is -2.27. The maximum atomic E-state index is 9.92. The van der Waals surface area contributed by atoms with Crippen molar-refractivity contribution in [1.82, 2.24) is 10.2 Å². The van der Waals surface area contributed by atoms with Crippen molar-refractivity contribution in [3.8, 4) is 0 Å². The number of hydrogen-bond acceptors (Lipinski definition) is 2. The largest absolute Gasteiger partial charge is 0.359 e. The molecule has 0 radical (unpaired) electrons. The van der Waals surface area contributed by atoms with Crippen LogP contribution in [0.4, 0.5) is 0 Å². The molecule has 0 aliphatic heterocycles. The summed E-state index contributed by atoms with van der Waals surface area (Å²) in [5, 5.41) is 2.66. The van der Waals surface area contributed by atoms with Crippen molar-refractivity contribution >= 4 is 6.41 Å². The number of nitrogens with zero attached hydrogens (tertiary/aromatic N) is 1. The molecule has 0 spiro atoms. The van der Waals surface area contributed by atoms with Crippen molar-refractivity contribution in [2.75, 3.05) is 26.2 Å². The molecule has 0 aliphatic carbocycles. The maximum Gasteiger partial charge on any atom is 0.207 e. The van der Waals surface area contributed by atoms with E-state index in [-0.39, 0.29) is 0 Å². The molecule has 0 bridgehead atoms. The van der Waals surface area contributed by atoms with Crippen LogP contribution in [0.3, 0.4) is 0 Å². The van der Waals surface area contributed by atoms with Crippen LogP contribution in [-0.2, 0) is 4.79 Å². The van der Waals surface area contributed by atoms with Gasteiger partial charge in [0.1, 0.15) is 0 Å². The highest BCUT2D eigenvalue weighted by Gasteiger charge is 1.98. The molecular formula is C9H20N2O. The highest BCUT2D eigenvalue weighted by Crippen LogP contribution is 1.92. The summed E-state index contributed by atoms with van der Waals surface area (Å²) >= 11 is 0. The third-order valence-corrected chi connectivity index (χ3v) is 1.87. The average molecular weight is 172 g/mol. The molecule has 72 valence electrons. The molecule has 0 aromatic carbocycles. The van der Waals surface area contributed by atoms with E-state index in [1.807, 2.05) is 0 Å². The van der Waals surface area contributed by atoms with E-state index >= 15 is 0 Å². The van der Waals surface area contributed by atoms with E-state index in [9.17, 15) is 4.79 Å². The van der Waals surface area contributed by atoms with Crippen molar-refractivity contribution in [2.45, 2.75) is 26.7 Å². The normalized spacial score (nSPS) is 10.2. The zero-order chi connectivity index (χ0) is 9.23. The van der Waals surface area contributed by atoms with Gasteiger partial charge in [-0.05, 0) is 32.5 Å². The molecule has 0 unspecified atom stereocenters. The molecule has 1 amide bonds. The number of rotatable bonds is 8. The second-order valence-corrected chi connectivity index (χ2v) is 2.86. The molecule has 0 fully saturated rings. The van der Waals surface area contributed by atoms with Gasteiger partial charge in [-0.25, -0.2) is 0 Å². The van der Waals surface area contributed by atoms with Crippen molar-refractivity contribution in [3.63, 3.8) is 0 Å². The summed E-state index contributed by atoms with van der Waals surface area (Å²) in [6, 6.07) is 0. The number of carbonyl (C=O) groups excluding carboxylic acids is 1. The maximum absolute atomic E-state index is 9.92. The Labute approximate surface area is 75.1 Å². The Hall–Kier alpha value is -0.570. The van der Waals surface area contributed by atoms with Gasteiger partial charge in [0.05, 0.1) is 0 Å². The lowest BCUT2D eigenvalue weighted by molar-refractivity contribution is -0.109. The molecular weight excluding hydrogens is 152 g/mol. The van der Waals surface area contributed by atoms with Crippen LogP contribution in [0.15, 0.2) is 0 Å². The van der Waals surface area contributed by atoms with Crippen molar-refractivity contribution in [2.24, 2.45) is 0 Å². The molecule has 0 aromatic rings. The first-order valence-corrected chi connectivity index (χ1v) is 4.74. The molecule has 0 heterocycles. The molecule has 0 atom stereocenters. The van der Waals surface area contributed by atoms with E-state index in [2.05, 4.69) is 24.1 Å². The standard InChI is InChI=1S/C9H20N2O/c1-3-7-11(4-2)8-5-6-10-9-12/h9H,3-8H2,1-2H3,(H,10,12). The van der Waals surface area contributed by atoms with Gasteiger partial charge in [-0.1, -0.05) is 13.8 Å². The van der Waals surface area contributed by atoms with Crippen molar-refractivity contribution in [3.05, 3.63) is 0 Å². The first kappa shape index (κ1) is 11.4. The quantitative estimate of drug-likeness (QED) is 0.435. The van der Waals surface area contributed by atoms with Crippen LogP contribution in [0.5, 0.6) is 0 Å². The summed E-state index contributed by atoms with van der Waals surface area (Å²) in [6.45, 7) is 8.51. The van der Waals surface area contributed by atoms with Crippen LogP contribution in [0.25, 0.3) is 0 Å². The van der Waals surface area contributed by atoms with E-state index in [0.717, 1.165) is 39.0 Å². The molecule has 0 saturated heterocycles. The molecule has 3 heteroatoms. The highest BCUT2D eigenvalue weighted by atomic mass is 16.1. The van der Waals surface area contributed by atoms with Gasteiger partial charge >= 0.3 is 0 Å². The zero-order valence-corrected chi connectivity index (χ0v) is 8.18. The van der Waals surface area contributed by atoms with Gasteiger partial charge < -0.3 is 10.2 Å². The van der Waals surface area contributed by atoms with E-state index < -0.39 is 0 Å². The second kappa shape index (κ2) is 8.53. The minimum Gasteiger partial charge on any atom is -0.359 e. The van der Waals surface area contributed by atoms with E-state index in [1.165, 1.54) is 6.42 Å². The monoisotopic (exact) mass is 172 g/mol. The van der Waals surface area contributed by atoms with Gasteiger partial charge in [0.15, 0.2) is 0 Å². The predicted octanol–water partition coefficient (Wildman–Crippen LogP) is 0.854. The summed E-state index contributed by atoms with van der Waals surface area (Å²) in [5.41, 5.74) is 0. The Bertz CT molecular complexity index is 107. The van der Waals surface area contributed by atoms with E-state index in [0.29, 0.717) is 0 Å². The van der Waals surface area contributed by atoms with Crippen LogP contribution in [0.2, 0.25) is 0 Å². The number of nitrogens with one attached hydrogen (secondary N) is 1. The van der Waals surface area contributed by atoms with Gasteiger partial charge in [-0.3, -0.25) is 4.79 Å². The lowest BCUT2D eigenvalue weighted by Gasteiger charge is -2.18. The topological polar surface area (TPSA) is 32.3 Å². The second-order valence-electron chi connectivity index (χ2n) is 2.86. The molecule has 3 nitrogen and oxygen atoms in total. The highest BCUT2D eigenvalue weighted by molar-refractivity contribution is 5.45. The Morgan fingerprint density at radius 1 is 1.33 bits per heavy atom. The van der Waals surface area contributed by atoms with Gasteiger partial charge in [0.2, 0.25) is 6.41 Å². The first-order valence-electron chi connectivity index (χ1n) is 4.74. The number of amides is 1. The zero-order valence-electron chi connectivity index (χ0n) is 8.18. The fraction of sp³-hybridized carbons (Fsp3) is 0.889. The fourth-order valence-corrected chi connectivity index (χ4v) is 1.21. The Balaban J connectivity index is 3.24. The minimum atomic E-state index is 0.760. The molecule has 0 aliphatic rings. The van der Waals surface area contributed by atoms with Crippen molar-refractivity contribution in [1.29, 1.82) is 0 Å². The molecule has 0 aromatic heterocycles. The minimum absolute atomic E-state index is 0.760. The Kier molecular flexibility index (Phi) is 8.12. The summed E-state index contributed by atoms with van der Waals surface area (Å²) in [4.78, 5) is 12.3. The van der Waals surface area contributed by atoms with Crippen molar-refractivity contribution < 1.29 is 4.79 Å². The number of hydrogen-bond donors (Lipinski definition) is 1. The molecule has 1 N–H and O–H groups in total.